The standard InChI is InChI=1S/2C18H11F6.C2H7Si.2ClH.Zr/c2*1-10-5-11-3-2-4-15(16(11)6-10)12-7-13(17(19,20)21)9-14(8-12)18(22,23)24;1-3-2;;;/h2*2-9H,1H3;3H,1-2H3;2*1H;/q;;;;;+2/p-2. The van der Waals surface area contributed by atoms with Crippen molar-refractivity contribution in [1.82, 2.24) is 0 Å². The number of allylic oxidation sites excluding steroid dienone is 2. The minimum absolute atomic E-state index is 0. The molecule has 287 valence electrons. The zero-order chi connectivity index (χ0) is 38.3. The average molecular weight is 904 g/mol. The predicted octanol–water partition coefficient (Wildman–Crippen LogP) is 7.32. The molecule has 4 aromatic carbocycles. The molecule has 0 saturated carbocycles. The Morgan fingerprint density at radius 1 is 0.481 bits per heavy atom. The van der Waals surface area contributed by atoms with Crippen molar-refractivity contribution in [3.8, 4) is 22.3 Å². The van der Waals surface area contributed by atoms with Crippen LogP contribution in [0.4, 0.5) is 52.7 Å². The van der Waals surface area contributed by atoms with Gasteiger partial charge in [0.2, 0.25) is 0 Å². The fraction of sp³-hybridized carbons (Fsp3) is 0.263. The van der Waals surface area contributed by atoms with Gasteiger partial charge in [-0.25, -0.2) is 0 Å². The van der Waals surface area contributed by atoms with Crippen LogP contribution in [0.2, 0.25) is 13.1 Å². The van der Waals surface area contributed by atoms with Crippen molar-refractivity contribution in [2.24, 2.45) is 0 Å². The smallest absolute Gasteiger partial charge is 1.00 e. The van der Waals surface area contributed by atoms with E-state index in [9.17, 15) is 52.7 Å². The van der Waals surface area contributed by atoms with E-state index in [1.807, 2.05) is 38.1 Å². The van der Waals surface area contributed by atoms with Gasteiger partial charge in [-0.1, -0.05) is 0 Å². The summed E-state index contributed by atoms with van der Waals surface area (Å²) in [6.45, 7) is 8.16. The molecule has 2 unspecified atom stereocenters. The van der Waals surface area contributed by atoms with Gasteiger partial charge in [0.15, 0.2) is 0 Å². The Kier molecular flexibility index (Phi) is 12.4. The molecule has 54 heavy (non-hydrogen) atoms. The molecule has 0 aliphatic heterocycles. The minimum atomic E-state index is -5.02. The van der Waals surface area contributed by atoms with E-state index < -0.39 is 73.8 Å². The van der Waals surface area contributed by atoms with Gasteiger partial charge < -0.3 is 24.8 Å². The van der Waals surface area contributed by atoms with Crippen LogP contribution in [-0.2, 0) is 45.6 Å². The van der Waals surface area contributed by atoms with Crippen molar-refractivity contribution in [3.63, 3.8) is 0 Å². The molecule has 0 spiro atoms. The van der Waals surface area contributed by atoms with Crippen LogP contribution in [0.3, 0.4) is 0 Å². The topological polar surface area (TPSA) is 0 Å². The van der Waals surface area contributed by atoms with E-state index in [4.69, 9.17) is 0 Å². The van der Waals surface area contributed by atoms with E-state index in [2.05, 4.69) is 13.1 Å². The molecule has 0 bridgehead atoms. The van der Waals surface area contributed by atoms with Crippen molar-refractivity contribution < 1.29 is 98.4 Å². The molecule has 0 N–H and O–H groups in total. The van der Waals surface area contributed by atoms with Crippen molar-refractivity contribution in [2.45, 2.75) is 58.9 Å². The second-order valence-electron chi connectivity index (χ2n) is 13.5. The first-order valence-corrected chi connectivity index (χ1v) is 26.0. The Hall–Kier alpha value is -2.80. The zero-order valence-corrected chi connectivity index (χ0v) is 33.7. The molecule has 0 heterocycles. The molecular formula is C38H29Cl2F12SiZr. The maximum Gasteiger partial charge on any atom is -1.00 e. The Bertz CT molecular complexity index is 1920. The van der Waals surface area contributed by atoms with E-state index in [1.54, 1.807) is 12.1 Å². The summed E-state index contributed by atoms with van der Waals surface area (Å²) in [7, 11) is 0. The van der Waals surface area contributed by atoms with Crippen LogP contribution in [0.15, 0.2) is 83.9 Å². The van der Waals surface area contributed by atoms with Gasteiger partial charge in [-0.3, -0.25) is 0 Å². The third kappa shape index (κ3) is 8.32. The van der Waals surface area contributed by atoms with Crippen LogP contribution in [0.1, 0.15) is 65.6 Å². The predicted molar refractivity (Wildman–Crippen MR) is 175 cm³/mol. The van der Waals surface area contributed by atoms with E-state index >= 15 is 0 Å². The summed E-state index contributed by atoms with van der Waals surface area (Å²) >= 11 is -2.91. The van der Waals surface area contributed by atoms with Gasteiger partial charge in [-0.15, -0.1) is 0 Å². The van der Waals surface area contributed by atoms with Crippen LogP contribution in [0, 0.1) is 0 Å². The largest absolute Gasteiger partial charge is 1.00 e. The molecule has 2 atom stereocenters. The Labute approximate surface area is 324 Å². The average Bonchev–Trinajstić information content (AvgIpc) is 3.54. The molecule has 2 aliphatic rings. The van der Waals surface area contributed by atoms with Crippen LogP contribution in [0.25, 0.3) is 34.4 Å². The number of fused-ring (bicyclic) bond motifs is 2. The number of benzene rings is 4. The second-order valence-corrected chi connectivity index (χ2v) is 33.6. The van der Waals surface area contributed by atoms with E-state index in [0.29, 0.717) is 11.1 Å². The molecular weight excluding hydrogens is 875 g/mol. The Balaban J connectivity index is 0.00000325. The third-order valence-corrected chi connectivity index (χ3v) is 31.8. The zero-order valence-electron chi connectivity index (χ0n) is 28.6. The maximum absolute atomic E-state index is 13.8. The SMILES string of the molecule is CC1=Cc2c(-c3cc(C(F)(F)F)cc(C(F)(F)F)c3)cccc2[CH]1[Zr+2]([CH]1C(C)=Cc2c(-c3cc(C(F)(F)F)cc(C(F)(F)F)c3)cccc21)[SiH](C)C.[Cl-].[Cl-]. The Morgan fingerprint density at radius 2 is 0.778 bits per heavy atom. The molecule has 6 rings (SSSR count). The first-order chi connectivity index (χ1) is 24.0. The number of alkyl halides is 12. The monoisotopic (exact) mass is 901 g/mol. The van der Waals surface area contributed by atoms with Gasteiger partial charge in [0.1, 0.15) is 0 Å². The molecule has 0 radical (unpaired) electrons. The summed E-state index contributed by atoms with van der Waals surface area (Å²) in [4.78, 5) is 0. The van der Waals surface area contributed by atoms with E-state index in [1.165, 1.54) is 12.1 Å². The summed E-state index contributed by atoms with van der Waals surface area (Å²) in [5, 5.41) is 0. The number of hydrogen-bond acceptors (Lipinski definition) is 0. The quantitative estimate of drug-likeness (QED) is 0.146. The second kappa shape index (κ2) is 15.3. The van der Waals surface area contributed by atoms with Gasteiger partial charge in [0.25, 0.3) is 0 Å². The van der Waals surface area contributed by atoms with E-state index in [0.717, 1.165) is 46.5 Å². The van der Waals surface area contributed by atoms with Gasteiger partial charge in [-0.2, -0.15) is 0 Å². The first-order valence-electron chi connectivity index (χ1n) is 16.1. The molecule has 0 nitrogen and oxygen atoms in total. The molecule has 16 heteroatoms. The van der Waals surface area contributed by atoms with Crippen molar-refractivity contribution >= 4 is 18.1 Å². The molecule has 4 aromatic rings. The van der Waals surface area contributed by atoms with Crippen LogP contribution >= 0.6 is 0 Å². The van der Waals surface area contributed by atoms with Gasteiger partial charge in [0.05, 0.1) is 0 Å². The summed E-state index contributed by atoms with van der Waals surface area (Å²) in [5.41, 5.74) is -1.10. The van der Waals surface area contributed by atoms with Crippen molar-refractivity contribution in [3.05, 3.63) is 128 Å². The van der Waals surface area contributed by atoms with Crippen LogP contribution in [-0.4, -0.2) is 5.92 Å². The molecule has 0 saturated heterocycles. The summed E-state index contributed by atoms with van der Waals surface area (Å²) in [6.07, 6.45) is -16.4. The van der Waals surface area contributed by atoms with E-state index in [-0.39, 0.29) is 66.5 Å². The Morgan fingerprint density at radius 3 is 1.04 bits per heavy atom. The summed E-state index contributed by atoms with van der Waals surface area (Å²) in [6, 6.07) is 13.0. The number of hydrogen-bond donors (Lipinski definition) is 0. The molecule has 2 aliphatic carbocycles. The number of rotatable bonds is 5. The normalized spacial score (nSPS) is 17.0. The molecule has 0 amide bonds. The van der Waals surface area contributed by atoms with Crippen LogP contribution < -0.4 is 24.8 Å². The maximum atomic E-state index is 13.8. The van der Waals surface area contributed by atoms with Crippen LogP contribution in [0.5, 0.6) is 0 Å². The summed E-state index contributed by atoms with van der Waals surface area (Å²) < 4.78 is 165. The van der Waals surface area contributed by atoms with Gasteiger partial charge in [0, 0.05) is 0 Å². The fourth-order valence-electron chi connectivity index (χ4n) is 7.55. The molecule has 0 aromatic heterocycles. The van der Waals surface area contributed by atoms with Gasteiger partial charge in [-0.05, 0) is 0 Å². The number of halogens is 14. The van der Waals surface area contributed by atoms with Gasteiger partial charge >= 0.3 is 301 Å². The summed E-state index contributed by atoms with van der Waals surface area (Å²) in [5.74, 6) is -1.57. The molecule has 0 fully saturated rings. The van der Waals surface area contributed by atoms with Crippen molar-refractivity contribution in [1.29, 1.82) is 0 Å². The first kappa shape index (κ1) is 43.9. The fourth-order valence-corrected chi connectivity index (χ4v) is 30.8. The minimum Gasteiger partial charge on any atom is -1.00 e. The third-order valence-electron chi connectivity index (χ3n) is 9.69. The van der Waals surface area contributed by atoms with Crippen molar-refractivity contribution in [2.75, 3.05) is 0 Å².